The summed E-state index contributed by atoms with van der Waals surface area (Å²) in [6.07, 6.45) is 1.09. The summed E-state index contributed by atoms with van der Waals surface area (Å²) >= 11 is 0. The van der Waals surface area contributed by atoms with Gasteiger partial charge in [0.2, 0.25) is 0 Å². The van der Waals surface area contributed by atoms with Gasteiger partial charge < -0.3 is 0 Å². The standard InChI is InChI=1S/C8H19N3/c1-6-7(2)8(3)11(9-4)10-5/h9-10H,6H2,1-5H3. The Morgan fingerprint density at radius 3 is 1.91 bits per heavy atom. The van der Waals surface area contributed by atoms with Crippen molar-refractivity contribution in [1.82, 2.24) is 16.0 Å². The number of hydrogen-bond acceptors (Lipinski definition) is 3. The average molecular weight is 157 g/mol. The van der Waals surface area contributed by atoms with Crippen molar-refractivity contribution in [2.75, 3.05) is 14.1 Å². The van der Waals surface area contributed by atoms with Gasteiger partial charge in [0.05, 0.1) is 0 Å². The Morgan fingerprint density at radius 2 is 1.64 bits per heavy atom. The molecule has 0 heterocycles. The van der Waals surface area contributed by atoms with Gasteiger partial charge in [-0.3, -0.25) is 0 Å². The number of allylic oxidation sites excluding steroid dienone is 2. The highest BCUT2D eigenvalue weighted by atomic mass is 15.7. The molecule has 0 spiro atoms. The lowest BCUT2D eigenvalue weighted by molar-refractivity contribution is 0.201. The van der Waals surface area contributed by atoms with Crippen LogP contribution < -0.4 is 10.9 Å². The summed E-state index contributed by atoms with van der Waals surface area (Å²) in [6, 6.07) is 0. The average Bonchev–Trinajstić information content (AvgIpc) is 2.05. The van der Waals surface area contributed by atoms with Crippen molar-refractivity contribution < 1.29 is 0 Å². The summed E-state index contributed by atoms with van der Waals surface area (Å²) in [4.78, 5) is 0. The van der Waals surface area contributed by atoms with Crippen LogP contribution in [0.3, 0.4) is 0 Å². The van der Waals surface area contributed by atoms with E-state index in [2.05, 4.69) is 31.6 Å². The third kappa shape index (κ3) is 2.91. The highest BCUT2D eigenvalue weighted by molar-refractivity contribution is 5.06. The molecule has 0 bridgehead atoms. The zero-order chi connectivity index (χ0) is 8.85. The molecule has 0 aromatic rings. The van der Waals surface area contributed by atoms with Crippen LogP contribution in [0.4, 0.5) is 0 Å². The Bertz CT molecular complexity index is 136. The Kier molecular flexibility index (Phi) is 4.90. The second-order valence-electron chi connectivity index (χ2n) is 2.50. The Hall–Kier alpha value is -0.540. The van der Waals surface area contributed by atoms with Crippen molar-refractivity contribution >= 4 is 0 Å². The molecule has 3 nitrogen and oxygen atoms in total. The van der Waals surface area contributed by atoms with Crippen LogP contribution in [0, 0.1) is 0 Å². The first-order valence-electron chi connectivity index (χ1n) is 3.98. The number of hydrazine groups is 2. The van der Waals surface area contributed by atoms with Gasteiger partial charge in [-0.2, -0.15) is 0 Å². The van der Waals surface area contributed by atoms with E-state index in [1.165, 1.54) is 11.3 Å². The molecule has 0 aromatic carbocycles. The topological polar surface area (TPSA) is 27.3 Å². The predicted octanol–water partition coefficient (Wildman–Crippen LogP) is 1.26. The van der Waals surface area contributed by atoms with Crippen LogP contribution in [0.1, 0.15) is 27.2 Å². The summed E-state index contributed by atoms with van der Waals surface area (Å²) in [5.41, 5.74) is 8.68. The minimum atomic E-state index is 1.09. The molecule has 66 valence electrons. The van der Waals surface area contributed by atoms with Crippen LogP contribution in [0.25, 0.3) is 0 Å². The molecule has 0 amide bonds. The second kappa shape index (κ2) is 5.16. The molecular formula is C8H19N3. The van der Waals surface area contributed by atoms with Gasteiger partial charge in [-0.05, 0) is 20.3 Å². The van der Waals surface area contributed by atoms with E-state index in [0.29, 0.717) is 0 Å². The smallest absolute Gasteiger partial charge is 0.0434 e. The molecule has 0 saturated heterocycles. The molecule has 0 atom stereocenters. The Balaban J connectivity index is 4.28. The molecule has 0 rings (SSSR count). The molecule has 0 unspecified atom stereocenters. The van der Waals surface area contributed by atoms with Crippen LogP contribution >= 0.6 is 0 Å². The SMILES string of the molecule is CCC(C)=C(C)N(NC)NC. The van der Waals surface area contributed by atoms with Crippen LogP contribution in [0.2, 0.25) is 0 Å². The Morgan fingerprint density at radius 1 is 1.18 bits per heavy atom. The minimum absolute atomic E-state index is 1.09. The normalized spacial score (nSPS) is 12.8. The van der Waals surface area contributed by atoms with Gasteiger partial charge in [-0.15, -0.1) is 0 Å². The van der Waals surface area contributed by atoms with Crippen LogP contribution in [0.5, 0.6) is 0 Å². The van der Waals surface area contributed by atoms with E-state index >= 15 is 0 Å². The predicted molar refractivity (Wildman–Crippen MR) is 48.6 cm³/mol. The highest BCUT2D eigenvalue weighted by Crippen LogP contribution is 2.07. The molecule has 0 saturated carbocycles. The van der Waals surface area contributed by atoms with Gasteiger partial charge in [0, 0.05) is 19.8 Å². The largest absolute Gasteiger partial charge is 0.247 e. The van der Waals surface area contributed by atoms with E-state index in [0.717, 1.165) is 6.42 Å². The minimum Gasteiger partial charge on any atom is -0.247 e. The molecular weight excluding hydrogens is 138 g/mol. The van der Waals surface area contributed by atoms with Gasteiger partial charge in [0.15, 0.2) is 0 Å². The summed E-state index contributed by atoms with van der Waals surface area (Å²) < 4.78 is 0. The maximum absolute atomic E-state index is 3.03. The lowest BCUT2D eigenvalue weighted by Crippen LogP contribution is -2.42. The van der Waals surface area contributed by atoms with Crippen molar-refractivity contribution in [3.8, 4) is 0 Å². The maximum atomic E-state index is 3.03. The number of hydrogen-bond donors (Lipinski definition) is 2. The van der Waals surface area contributed by atoms with Gasteiger partial charge in [-0.1, -0.05) is 12.5 Å². The molecule has 0 fully saturated rings. The van der Waals surface area contributed by atoms with Crippen molar-refractivity contribution in [3.63, 3.8) is 0 Å². The van der Waals surface area contributed by atoms with Crippen molar-refractivity contribution in [3.05, 3.63) is 11.3 Å². The molecule has 2 N–H and O–H groups in total. The van der Waals surface area contributed by atoms with Gasteiger partial charge in [-0.25, -0.2) is 16.0 Å². The van der Waals surface area contributed by atoms with E-state index in [4.69, 9.17) is 0 Å². The Labute approximate surface area is 69.4 Å². The first kappa shape index (κ1) is 10.5. The van der Waals surface area contributed by atoms with Crippen LogP contribution in [-0.4, -0.2) is 19.2 Å². The van der Waals surface area contributed by atoms with E-state index in [9.17, 15) is 0 Å². The van der Waals surface area contributed by atoms with Crippen LogP contribution in [-0.2, 0) is 0 Å². The molecule has 0 aromatic heterocycles. The monoisotopic (exact) mass is 157 g/mol. The van der Waals surface area contributed by atoms with Crippen molar-refractivity contribution in [2.24, 2.45) is 0 Å². The van der Waals surface area contributed by atoms with Crippen molar-refractivity contribution in [2.45, 2.75) is 27.2 Å². The molecule has 0 radical (unpaired) electrons. The van der Waals surface area contributed by atoms with Gasteiger partial charge >= 0.3 is 0 Å². The molecule has 0 aliphatic rings. The summed E-state index contributed by atoms with van der Waals surface area (Å²) in [6.45, 7) is 6.38. The zero-order valence-electron chi connectivity index (χ0n) is 8.15. The van der Waals surface area contributed by atoms with Crippen molar-refractivity contribution in [1.29, 1.82) is 0 Å². The highest BCUT2D eigenvalue weighted by Gasteiger charge is 2.01. The lowest BCUT2D eigenvalue weighted by Gasteiger charge is -2.24. The molecule has 3 heteroatoms. The third-order valence-corrected chi connectivity index (χ3v) is 1.93. The van der Waals surface area contributed by atoms with Gasteiger partial charge in [0.1, 0.15) is 0 Å². The molecule has 11 heavy (non-hydrogen) atoms. The fourth-order valence-corrected chi connectivity index (χ4v) is 0.894. The maximum Gasteiger partial charge on any atom is 0.0434 e. The lowest BCUT2D eigenvalue weighted by atomic mass is 10.2. The quantitative estimate of drug-likeness (QED) is 0.602. The molecule has 0 aliphatic carbocycles. The summed E-state index contributed by atoms with van der Waals surface area (Å²) in [5, 5.41) is 1.90. The third-order valence-electron chi connectivity index (χ3n) is 1.93. The number of nitrogens with one attached hydrogen (secondary N) is 2. The first-order valence-corrected chi connectivity index (χ1v) is 3.98. The fourth-order valence-electron chi connectivity index (χ4n) is 0.894. The van der Waals surface area contributed by atoms with E-state index in [1.807, 2.05) is 19.2 Å². The second-order valence-corrected chi connectivity index (χ2v) is 2.50. The van der Waals surface area contributed by atoms with Gasteiger partial charge in [0.25, 0.3) is 0 Å². The van der Waals surface area contributed by atoms with E-state index in [1.54, 1.807) is 0 Å². The van der Waals surface area contributed by atoms with Crippen LogP contribution in [0.15, 0.2) is 11.3 Å². The summed E-state index contributed by atoms with van der Waals surface area (Å²) in [7, 11) is 3.78. The zero-order valence-corrected chi connectivity index (χ0v) is 8.15. The summed E-state index contributed by atoms with van der Waals surface area (Å²) in [5.74, 6) is 0. The first-order chi connectivity index (χ1) is 5.17. The number of nitrogens with zero attached hydrogens (tertiary/aromatic N) is 1. The van der Waals surface area contributed by atoms with E-state index in [-0.39, 0.29) is 0 Å². The molecule has 0 aliphatic heterocycles. The number of rotatable bonds is 4. The fraction of sp³-hybridized carbons (Fsp3) is 0.750. The van der Waals surface area contributed by atoms with E-state index < -0.39 is 0 Å².